The van der Waals surface area contributed by atoms with Crippen LogP contribution in [-0.2, 0) is 0 Å². The standard InChI is InChI=1S/C26H46NO2/c1-5-7-8-9-10-11-12-13-14-15-21-27(3,4)22-23-29-25-19-17-24(18-20-25)26(28)16-6-2/h17-20H,5-16,21-23H2,1-4H3/q+1. The average Bonchev–Trinajstić information content (AvgIpc) is 2.70. The van der Waals surface area contributed by atoms with Crippen molar-refractivity contribution in [3.8, 4) is 5.75 Å². The lowest BCUT2D eigenvalue weighted by molar-refractivity contribution is -0.890. The predicted octanol–water partition coefficient (Wildman–Crippen LogP) is 7.05. The van der Waals surface area contributed by atoms with Crippen molar-refractivity contribution in [2.45, 2.75) is 90.9 Å². The minimum absolute atomic E-state index is 0.216. The lowest BCUT2D eigenvalue weighted by Gasteiger charge is -2.29. The molecular formula is C26H46NO2+. The number of rotatable bonds is 18. The molecule has 0 bridgehead atoms. The van der Waals surface area contributed by atoms with Crippen LogP contribution in [0.2, 0.25) is 0 Å². The summed E-state index contributed by atoms with van der Waals surface area (Å²) >= 11 is 0. The summed E-state index contributed by atoms with van der Waals surface area (Å²) in [5.41, 5.74) is 0.788. The number of unbranched alkanes of at least 4 members (excludes halogenated alkanes) is 9. The number of Topliss-reactive ketones (excluding diaryl/α,β-unsaturated/α-hetero) is 1. The molecule has 0 aliphatic heterocycles. The van der Waals surface area contributed by atoms with Gasteiger partial charge in [0, 0.05) is 12.0 Å². The summed E-state index contributed by atoms with van der Waals surface area (Å²) in [6.45, 7) is 7.25. The first-order valence-electron chi connectivity index (χ1n) is 12.1. The molecule has 0 saturated carbocycles. The molecule has 0 amide bonds. The SMILES string of the molecule is CCCCCCCCCCCC[N+](C)(C)CCOc1ccc(C(=O)CCC)cc1. The van der Waals surface area contributed by atoms with Crippen LogP contribution in [0.5, 0.6) is 5.75 Å². The van der Waals surface area contributed by atoms with E-state index in [-0.39, 0.29) is 5.78 Å². The van der Waals surface area contributed by atoms with Gasteiger partial charge in [-0.2, -0.15) is 0 Å². The van der Waals surface area contributed by atoms with Gasteiger partial charge in [-0.25, -0.2) is 0 Å². The van der Waals surface area contributed by atoms with E-state index >= 15 is 0 Å². The van der Waals surface area contributed by atoms with Gasteiger partial charge in [0.2, 0.25) is 0 Å². The van der Waals surface area contributed by atoms with Crippen molar-refractivity contribution in [2.75, 3.05) is 33.8 Å². The van der Waals surface area contributed by atoms with Crippen molar-refractivity contribution in [3.63, 3.8) is 0 Å². The molecule has 3 heteroatoms. The Bertz CT molecular complexity index is 536. The molecule has 0 aromatic heterocycles. The minimum Gasteiger partial charge on any atom is -0.488 e. The number of ketones is 1. The molecule has 0 fully saturated rings. The lowest BCUT2D eigenvalue weighted by Crippen LogP contribution is -2.43. The van der Waals surface area contributed by atoms with Gasteiger partial charge in [-0.05, 0) is 43.5 Å². The molecule has 0 spiro atoms. The van der Waals surface area contributed by atoms with E-state index in [9.17, 15) is 4.79 Å². The molecule has 0 radical (unpaired) electrons. The number of carbonyl (C=O) groups excluding carboxylic acids is 1. The average molecular weight is 405 g/mol. The van der Waals surface area contributed by atoms with E-state index < -0.39 is 0 Å². The first-order chi connectivity index (χ1) is 14.0. The fraction of sp³-hybridized carbons (Fsp3) is 0.731. The van der Waals surface area contributed by atoms with Crippen LogP contribution in [0.25, 0.3) is 0 Å². The van der Waals surface area contributed by atoms with Gasteiger partial charge in [-0.15, -0.1) is 0 Å². The topological polar surface area (TPSA) is 26.3 Å². The van der Waals surface area contributed by atoms with Crippen molar-refractivity contribution in [1.29, 1.82) is 0 Å². The van der Waals surface area contributed by atoms with Crippen molar-refractivity contribution in [3.05, 3.63) is 29.8 Å². The second kappa shape index (κ2) is 15.5. The third kappa shape index (κ3) is 12.7. The van der Waals surface area contributed by atoms with Crippen molar-refractivity contribution in [1.82, 2.24) is 0 Å². The van der Waals surface area contributed by atoms with Gasteiger partial charge in [0.25, 0.3) is 0 Å². The molecule has 0 aliphatic carbocycles. The maximum atomic E-state index is 11.9. The fourth-order valence-electron chi connectivity index (χ4n) is 3.66. The van der Waals surface area contributed by atoms with Gasteiger partial charge in [0.05, 0.1) is 20.6 Å². The van der Waals surface area contributed by atoms with Gasteiger partial charge < -0.3 is 9.22 Å². The summed E-state index contributed by atoms with van der Waals surface area (Å²) in [5, 5.41) is 0. The second-order valence-electron chi connectivity index (χ2n) is 9.11. The highest BCUT2D eigenvalue weighted by molar-refractivity contribution is 5.96. The van der Waals surface area contributed by atoms with E-state index in [2.05, 4.69) is 21.0 Å². The Morgan fingerprint density at radius 3 is 1.86 bits per heavy atom. The van der Waals surface area contributed by atoms with E-state index in [4.69, 9.17) is 4.74 Å². The minimum atomic E-state index is 0.216. The third-order valence-corrected chi connectivity index (χ3v) is 5.74. The van der Waals surface area contributed by atoms with Crippen LogP contribution in [-0.4, -0.2) is 44.1 Å². The highest BCUT2D eigenvalue weighted by Gasteiger charge is 2.14. The molecule has 29 heavy (non-hydrogen) atoms. The smallest absolute Gasteiger partial charge is 0.162 e. The molecule has 166 valence electrons. The number of likely N-dealkylation sites (N-methyl/N-ethyl adjacent to an activating group) is 1. The molecule has 0 N–H and O–H groups in total. The molecule has 3 nitrogen and oxygen atoms in total. The molecule has 0 heterocycles. The Kier molecular flexibility index (Phi) is 13.7. The Labute approximate surface area is 180 Å². The molecule has 0 aliphatic rings. The summed E-state index contributed by atoms with van der Waals surface area (Å²) in [5.74, 6) is 1.07. The molecule has 1 aromatic carbocycles. The lowest BCUT2D eigenvalue weighted by atomic mass is 10.1. The molecular weight excluding hydrogens is 358 g/mol. The zero-order valence-electron chi connectivity index (χ0n) is 19.7. The highest BCUT2D eigenvalue weighted by Crippen LogP contribution is 2.15. The van der Waals surface area contributed by atoms with E-state index in [0.29, 0.717) is 13.0 Å². The number of benzene rings is 1. The van der Waals surface area contributed by atoms with Gasteiger partial charge in [-0.1, -0.05) is 65.2 Å². The van der Waals surface area contributed by atoms with Crippen molar-refractivity contribution < 1.29 is 14.0 Å². The van der Waals surface area contributed by atoms with Crippen LogP contribution in [0, 0.1) is 0 Å². The van der Waals surface area contributed by atoms with E-state index in [0.717, 1.165) is 28.8 Å². The van der Waals surface area contributed by atoms with Gasteiger partial charge in [0.15, 0.2) is 5.78 Å². The van der Waals surface area contributed by atoms with Crippen LogP contribution >= 0.6 is 0 Å². The van der Waals surface area contributed by atoms with Crippen LogP contribution < -0.4 is 4.74 Å². The maximum absolute atomic E-state index is 11.9. The largest absolute Gasteiger partial charge is 0.488 e. The van der Waals surface area contributed by atoms with E-state index in [1.807, 2.05) is 31.2 Å². The monoisotopic (exact) mass is 404 g/mol. The molecule has 0 saturated heterocycles. The van der Waals surface area contributed by atoms with Crippen LogP contribution in [0.3, 0.4) is 0 Å². The molecule has 0 atom stereocenters. The zero-order valence-corrected chi connectivity index (χ0v) is 19.7. The van der Waals surface area contributed by atoms with Crippen LogP contribution in [0.1, 0.15) is 101 Å². The van der Waals surface area contributed by atoms with Crippen LogP contribution in [0.15, 0.2) is 24.3 Å². The summed E-state index contributed by atoms with van der Waals surface area (Å²) in [6, 6.07) is 7.62. The Hall–Kier alpha value is -1.35. The first kappa shape index (κ1) is 25.7. The second-order valence-corrected chi connectivity index (χ2v) is 9.11. The van der Waals surface area contributed by atoms with Crippen molar-refractivity contribution in [2.24, 2.45) is 0 Å². The number of nitrogens with zero attached hydrogens (tertiary/aromatic N) is 1. The highest BCUT2D eigenvalue weighted by atomic mass is 16.5. The molecule has 0 unspecified atom stereocenters. The molecule has 1 rings (SSSR count). The van der Waals surface area contributed by atoms with Gasteiger partial charge >= 0.3 is 0 Å². The number of hydrogen-bond donors (Lipinski definition) is 0. The molecule has 1 aromatic rings. The normalized spacial score (nSPS) is 11.6. The number of carbonyl (C=O) groups is 1. The number of ether oxygens (including phenoxy) is 1. The summed E-state index contributed by atoms with van der Waals surface area (Å²) in [7, 11) is 4.59. The van der Waals surface area contributed by atoms with Gasteiger partial charge in [-0.3, -0.25) is 4.79 Å². The van der Waals surface area contributed by atoms with E-state index in [1.165, 1.54) is 70.8 Å². The summed E-state index contributed by atoms with van der Waals surface area (Å²) in [6.07, 6.45) is 15.4. The zero-order chi connectivity index (χ0) is 21.4. The Balaban J connectivity index is 2.10. The summed E-state index contributed by atoms with van der Waals surface area (Å²) < 4.78 is 6.91. The van der Waals surface area contributed by atoms with Crippen LogP contribution in [0.4, 0.5) is 0 Å². The number of hydrogen-bond acceptors (Lipinski definition) is 2. The van der Waals surface area contributed by atoms with Crippen molar-refractivity contribution >= 4 is 5.78 Å². The summed E-state index contributed by atoms with van der Waals surface area (Å²) in [4.78, 5) is 11.9. The third-order valence-electron chi connectivity index (χ3n) is 5.74. The predicted molar refractivity (Wildman–Crippen MR) is 125 cm³/mol. The van der Waals surface area contributed by atoms with Gasteiger partial charge in [0.1, 0.15) is 18.9 Å². The fourth-order valence-corrected chi connectivity index (χ4v) is 3.66. The quantitative estimate of drug-likeness (QED) is 0.149. The number of quaternary nitrogens is 1. The first-order valence-corrected chi connectivity index (χ1v) is 12.1. The maximum Gasteiger partial charge on any atom is 0.162 e. The Morgan fingerprint density at radius 2 is 1.31 bits per heavy atom. The van der Waals surface area contributed by atoms with E-state index in [1.54, 1.807) is 0 Å². The Morgan fingerprint density at radius 1 is 0.759 bits per heavy atom.